The Labute approximate surface area is 161 Å². The third-order valence-electron chi connectivity index (χ3n) is 5.95. The van der Waals surface area contributed by atoms with Crippen molar-refractivity contribution in [1.82, 2.24) is 15.1 Å². The number of carbonyl (C=O) groups is 1. The van der Waals surface area contributed by atoms with E-state index in [-0.39, 0.29) is 12.0 Å². The number of hydrogen-bond acceptors (Lipinski definition) is 5. The Morgan fingerprint density at radius 3 is 2.67 bits per heavy atom. The molecule has 1 aromatic rings. The molecule has 4 rings (SSSR count). The van der Waals surface area contributed by atoms with Crippen molar-refractivity contribution >= 4 is 5.91 Å². The summed E-state index contributed by atoms with van der Waals surface area (Å²) in [4.78, 5) is 17.1. The topological polar surface area (TPSA) is 54.0 Å². The van der Waals surface area contributed by atoms with Crippen molar-refractivity contribution in [2.45, 2.75) is 37.8 Å². The molecule has 1 atom stereocenters. The molecule has 3 aliphatic heterocycles. The van der Waals surface area contributed by atoms with Crippen LogP contribution in [0.25, 0.3) is 0 Å². The zero-order chi connectivity index (χ0) is 18.5. The lowest BCUT2D eigenvalue weighted by atomic mass is 10.0. The Morgan fingerprint density at radius 2 is 1.93 bits per heavy atom. The van der Waals surface area contributed by atoms with Gasteiger partial charge < -0.3 is 19.7 Å². The first-order chi connectivity index (χ1) is 13.3. The monoisotopic (exact) mass is 373 g/mol. The summed E-state index contributed by atoms with van der Waals surface area (Å²) in [5.74, 6) is 0.885. The van der Waals surface area contributed by atoms with Crippen LogP contribution in [-0.4, -0.2) is 80.3 Å². The van der Waals surface area contributed by atoms with Gasteiger partial charge in [0.25, 0.3) is 5.91 Å². The third kappa shape index (κ3) is 4.81. The molecule has 27 heavy (non-hydrogen) atoms. The van der Waals surface area contributed by atoms with Crippen LogP contribution in [0.4, 0.5) is 0 Å². The van der Waals surface area contributed by atoms with Crippen LogP contribution in [0.1, 0.15) is 36.0 Å². The molecule has 0 bridgehead atoms. The van der Waals surface area contributed by atoms with E-state index in [0.29, 0.717) is 37.9 Å². The number of piperidine rings is 2. The summed E-state index contributed by atoms with van der Waals surface area (Å²) in [6, 6.07) is 8.35. The average molecular weight is 373 g/mol. The first-order valence-electron chi connectivity index (χ1n) is 10.4. The molecule has 3 fully saturated rings. The van der Waals surface area contributed by atoms with Crippen LogP contribution in [0.2, 0.25) is 0 Å². The molecule has 1 amide bonds. The second-order valence-electron chi connectivity index (χ2n) is 7.79. The fourth-order valence-electron chi connectivity index (χ4n) is 4.35. The van der Waals surface area contributed by atoms with Gasteiger partial charge in [-0.05, 0) is 50.4 Å². The smallest absolute Gasteiger partial charge is 0.254 e. The van der Waals surface area contributed by atoms with Crippen molar-refractivity contribution in [1.29, 1.82) is 0 Å². The fraction of sp³-hybridized carbons (Fsp3) is 0.667. The number of morpholine rings is 1. The van der Waals surface area contributed by atoms with Crippen LogP contribution in [0.3, 0.4) is 0 Å². The Morgan fingerprint density at radius 1 is 1.11 bits per heavy atom. The molecule has 3 aliphatic rings. The van der Waals surface area contributed by atoms with E-state index in [9.17, 15) is 4.79 Å². The minimum Gasteiger partial charge on any atom is -0.490 e. The van der Waals surface area contributed by atoms with Crippen LogP contribution < -0.4 is 10.1 Å². The minimum atomic E-state index is 0.0726. The molecular formula is C21H31N3O3. The van der Waals surface area contributed by atoms with E-state index in [2.05, 4.69) is 10.2 Å². The summed E-state index contributed by atoms with van der Waals surface area (Å²) in [5.41, 5.74) is 0.708. The standard InChI is InChI=1S/C21H31N3O3/c25-21(24-11-13-26-14-12-24)17-3-1-5-20(15-17)27-19-6-9-23(10-7-19)18-4-2-8-22-16-18/h1,3,5,15,18-19,22H,2,4,6-14,16H2/t18-/m0/s1. The van der Waals surface area contributed by atoms with Gasteiger partial charge in [0.15, 0.2) is 0 Å². The first-order valence-corrected chi connectivity index (χ1v) is 10.4. The van der Waals surface area contributed by atoms with Crippen molar-refractivity contribution in [3.8, 4) is 5.75 Å². The Hall–Kier alpha value is -1.63. The van der Waals surface area contributed by atoms with E-state index in [1.807, 2.05) is 29.2 Å². The van der Waals surface area contributed by atoms with Gasteiger partial charge in [0.2, 0.25) is 0 Å². The lowest BCUT2D eigenvalue weighted by Gasteiger charge is -2.39. The van der Waals surface area contributed by atoms with Gasteiger partial charge in [-0.2, -0.15) is 0 Å². The number of nitrogens with one attached hydrogen (secondary N) is 1. The molecule has 0 unspecified atom stereocenters. The molecule has 6 heteroatoms. The highest BCUT2D eigenvalue weighted by Gasteiger charge is 2.27. The predicted molar refractivity (Wildman–Crippen MR) is 104 cm³/mol. The number of benzene rings is 1. The average Bonchev–Trinajstić information content (AvgIpc) is 2.75. The van der Waals surface area contributed by atoms with Crippen molar-refractivity contribution in [2.24, 2.45) is 0 Å². The summed E-state index contributed by atoms with van der Waals surface area (Å²) in [7, 11) is 0. The summed E-state index contributed by atoms with van der Waals surface area (Å²) < 4.78 is 11.6. The van der Waals surface area contributed by atoms with Crippen LogP contribution in [0.5, 0.6) is 5.75 Å². The van der Waals surface area contributed by atoms with Gasteiger partial charge >= 0.3 is 0 Å². The first kappa shape index (κ1) is 18.7. The van der Waals surface area contributed by atoms with Crippen molar-refractivity contribution < 1.29 is 14.3 Å². The fourth-order valence-corrected chi connectivity index (χ4v) is 4.35. The van der Waals surface area contributed by atoms with E-state index in [4.69, 9.17) is 9.47 Å². The highest BCUT2D eigenvalue weighted by Crippen LogP contribution is 2.23. The van der Waals surface area contributed by atoms with E-state index >= 15 is 0 Å². The van der Waals surface area contributed by atoms with Crippen molar-refractivity contribution in [2.75, 3.05) is 52.5 Å². The molecule has 0 aliphatic carbocycles. The highest BCUT2D eigenvalue weighted by molar-refractivity contribution is 5.94. The summed E-state index contributed by atoms with van der Waals surface area (Å²) in [6.45, 7) is 7.06. The quantitative estimate of drug-likeness (QED) is 0.872. The van der Waals surface area contributed by atoms with Gasteiger partial charge in [0, 0.05) is 44.3 Å². The van der Waals surface area contributed by atoms with Gasteiger partial charge in [-0.25, -0.2) is 0 Å². The summed E-state index contributed by atoms with van der Waals surface area (Å²) in [6.07, 6.45) is 4.94. The van der Waals surface area contributed by atoms with E-state index in [0.717, 1.165) is 44.8 Å². The summed E-state index contributed by atoms with van der Waals surface area (Å²) >= 11 is 0. The van der Waals surface area contributed by atoms with Crippen LogP contribution >= 0.6 is 0 Å². The van der Waals surface area contributed by atoms with Gasteiger partial charge in [-0.15, -0.1) is 0 Å². The molecule has 6 nitrogen and oxygen atoms in total. The number of likely N-dealkylation sites (tertiary alicyclic amines) is 1. The molecule has 0 aromatic heterocycles. The third-order valence-corrected chi connectivity index (χ3v) is 5.95. The zero-order valence-electron chi connectivity index (χ0n) is 16.1. The normalized spacial score (nSPS) is 25.3. The maximum absolute atomic E-state index is 12.7. The lowest BCUT2D eigenvalue weighted by Crippen LogP contribution is -2.50. The van der Waals surface area contributed by atoms with Crippen LogP contribution in [-0.2, 0) is 4.74 Å². The molecular weight excluding hydrogens is 342 g/mol. The van der Waals surface area contributed by atoms with Gasteiger partial charge in [0.05, 0.1) is 13.2 Å². The Kier molecular flexibility index (Phi) is 6.27. The number of rotatable bonds is 4. The van der Waals surface area contributed by atoms with Crippen molar-refractivity contribution in [3.05, 3.63) is 29.8 Å². The minimum absolute atomic E-state index is 0.0726. The molecule has 1 aromatic carbocycles. The molecule has 0 saturated carbocycles. The van der Waals surface area contributed by atoms with Gasteiger partial charge in [-0.1, -0.05) is 6.07 Å². The Balaban J connectivity index is 1.30. The van der Waals surface area contributed by atoms with Crippen LogP contribution in [0, 0.1) is 0 Å². The predicted octanol–water partition coefficient (Wildman–Crippen LogP) is 1.75. The lowest BCUT2D eigenvalue weighted by molar-refractivity contribution is 0.0302. The number of hydrogen-bond donors (Lipinski definition) is 1. The van der Waals surface area contributed by atoms with Crippen molar-refractivity contribution in [3.63, 3.8) is 0 Å². The Bertz CT molecular complexity index is 619. The van der Waals surface area contributed by atoms with Crippen LogP contribution in [0.15, 0.2) is 24.3 Å². The highest BCUT2D eigenvalue weighted by atomic mass is 16.5. The SMILES string of the molecule is O=C(c1cccc(OC2CCN([C@H]3CCCNC3)CC2)c1)N1CCOCC1. The van der Waals surface area contributed by atoms with Gasteiger partial charge in [-0.3, -0.25) is 9.69 Å². The molecule has 3 saturated heterocycles. The maximum Gasteiger partial charge on any atom is 0.254 e. The van der Waals surface area contributed by atoms with Gasteiger partial charge in [0.1, 0.15) is 11.9 Å². The molecule has 3 heterocycles. The second kappa shape index (κ2) is 9.04. The molecule has 1 N–H and O–H groups in total. The zero-order valence-corrected chi connectivity index (χ0v) is 16.1. The molecule has 0 spiro atoms. The number of amides is 1. The second-order valence-corrected chi connectivity index (χ2v) is 7.79. The number of ether oxygens (including phenoxy) is 2. The number of nitrogens with zero attached hydrogens (tertiary/aromatic N) is 2. The maximum atomic E-state index is 12.7. The van der Waals surface area contributed by atoms with E-state index < -0.39 is 0 Å². The summed E-state index contributed by atoms with van der Waals surface area (Å²) in [5, 5.41) is 3.51. The molecule has 148 valence electrons. The van der Waals surface area contributed by atoms with E-state index in [1.165, 1.54) is 12.8 Å². The van der Waals surface area contributed by atoms with E-state index in [1.54, 1.807) is 0 Å². The molecule has 0 radical (unpaired) electrons. The largest absolute Gasteiger partial charge is 0.490 e. The number of carbonyl (C=O) groups excluding carboxylic acids is 1.